The molecule has 0 fully saturated rings. The van der Waals surface area contributed by atoms with Crippen LogP contribution in [0.3, 0.4) is 0 Å². The third-order valence-electron chi connectivity index (χ3n) is 3.88. The number of halogens is 1. The van der Waals surface area contributed by atoms with Gasteiger partial charge in [0.05, 0.1) is 30.0 Å². The molecule has 1 aromatic heterocycles. The summed E-state index contributed by atoms with van der Waals surface area (Å²) in [5, 5.41) is 0. The van der Waals surface area contributed by atoms with Crippen LogP contribution in [0.1, 0.15) is 24.2 Å². The molecule has 3 aromatic rings. The zero-order valence-electron chi connectivity index (χ0n) is 15.6. The van der Waals surface area contributed by atoms with Gasteiger partial charge in [-0.1, -0.05) is 17.3 Å². The first-order chi connectivity index (χ1) is 13.6. The lowest BCUT2D eigenvalue weighted by molar-refractivity contribution is 0.0997. The number of carbonyl (C=O) groups is 1. The molecule has 0 bridgehead atoms. The van der Waals surface area contributed by atoms with Gasteiger partial charge in [-0.3, -0.25) is 4.79 Å². The number of fused-ring (bicyclic) bond motifs is 1. The SMILES string of the molecule is C#CCn1c(=NC(=O)c2ccc(OCC)c(OCC)c2)sc2cc(F)ccc21. The maximum absolute atomic E-state index is 13.5. The van der Waals surface area contributed by atoms with E-state index in [1.165, 1.54) is 23.5 Å². The van der Waals surface area contributed by atoms with E-state index in [0.29, 0.717) is 39.8 Å². The predicted octanol–water partition coefficient (Wildman–Crippen LogP) is 4.01. The van der Waals surface area contributed by atoms with E-state index in [0.717, 1.165) is 5.52 Å². The number of hydrogen-bond acceptors (Lipinski definition) is 4. The van der Waals surface area contributed by atoms with Crippen molar-refractivity contribution in [2.75, 3.05) is 13.2 Å². The van der Waals surface area contributed by atoms with Gasteiger partial charge in [0, 0.05) is 5.56 Å². The average Bonchev–Trinajstić information content (AvgIpc) is 3.00. The monoisotopic (exact) mass is 398 g/mol. The minimum absolute atomic E-state index is 0.227. The fourth-order valence-corrected chi connectivity index (χ4v) is 3.76. The molecule has 3 rings (SSSR count). The third kappa shape index (κ3) is 4.07. The van der Waals surface area contributed by atoms with Crippen molar-refractivity contribution in [1.82, 2.24) is 4.57 Å². The lowest BCUT2D eigenvalue weighted by atomic mass is 10.2. The third-order valence-corrected chi connectivity index (χ3v) is 4.92. The molecule has 7 heteroatoms. The fraction of sp³-hybridized carbons (Fsp3) is 0.238. The quantitative estimate of drug-likeness (QED) is 0.590. The van der Waals surface area contributed by atoms with Crippen LogP contribution in [-0.2, 0) is 6.54 Å². The maximum Gasteiger partial charge on any atom is 0.279 e. The number of thiazole rings is 1. The van der Waals surface area contributed by atoms with E-state index in [9.17, 15) is 9.18 Å². The minimum Gasteiger partial charge on any atom is -0.490 e. The summed E-state index contributed by atoms with van der Waals surface area (Å²) in [4.78, 5) is 17.4. The molecule has 2 aromatic carbocycles. The highest BCUT2D eigenvalue weighted by molar-refractivity contribution is 7.16. The van der Waals surface area contributed by atoms with Gasteiger partial charge < -0.3 is 14.0 Å². The summed E-state index contributed by atoms with van der Waals surface area (Å²) < 4.78 is 27.0. The minimum atomic E-state index is -0.443. The van der Waals surface area contributed by atoms with Crippen molar-refractivity contribution in [3.05, 3.63) is 52.6 Å². The van der Waals surface area contributed by atoms with Crippen LogP contribution in [0.5, 0.6) is 11.5 Å². The number of ether oxygens (including phenoxy) is 2. The summed E-state index contributed by atoms with van der Waals surface area (Å²) in [5.74, 6) is 2.81. The summed E-state index contributed by atoms with van der Waals surface area (Å²) in [5.41, 5.74) is 1.10. The van der Waals surface area contributed by atoms with E-state index >= 15 is 0 Å². The molecule has 0 saturated carbocycles. The molecule has 0 aliphatic rings. The molecule has 0 spiro atoms. The Morgan fingerprint density at radius 1 is 1.18 bits per heavy atom. The van der Waals surface area contributed by atoms with Crippen LogP contribution < -0.4 is 14.3 Å². The Kier molecular flexibility index (Phi) is 6.12. The highest BCUT2D eigenvalue weighted by Crippen LogP contribution is 2.29. The first-order valence-electron chi connectivity index (χ1n) is 8.78. The van der Waals surface area contributed by atoms with E-state index < -0.39 is 5.91 Å². The van der Waals surface area contributed by atoms with Gasteiger partial charge in [-0.15, -0.1) is 6.42 Å². The molecule has 0 radical (unpaired) electrons. The van der Waals surface area contributed by atoms with Gasteiger partial charge in [0.15, 0.2) is 16.3 Å². The zero-order chi connectivity index (χ0) is 20.1. The van der Waals surface area contributed by atoms with Gasteiger partial charge in [-0.05, 0) is 50.2 Å². The number of benzene rings is 2. The van der Waals surface area contributed by atoms with Crippen LogP contribution in [0.25, 0.3) is 10.2 Å². The first kappa shape index (κ1) is 19.6. The van der Waals surface area contributed by atoms with Crippen molar-refractivity contribution in [2.45, 2.75) is 20.4 Å². The molecule has 0 aliphatic heterocycles. The van der Waals surface area contributed by atoms with Crippen molar-refractivity contribution in [2.24, 2.45) is 4.99 Å². The summed E-state index contributed by atoms with van der Waals surface area (Å²) in [6.45, 7) is 4.89. The molecular weight excluding hydrogens is 379 g/mol. The Balaban J connectivity index is 2.06. The maximum atomic E-state index is 13.5. The summed E-state index contributed by atoms with van der Waals surface area (Å²) in [6.07, 6.45) is 5.45. The van der Waals surface area contributed by atoms with Gasteiger partial charge in [-0.25, -0.2) is 4.39 Å². The Hall–Kier alpha value is -3.11. The number of hydrogen-bond donors (Lipinski definition) is 0. The first-order valence-corrected chi connectivity index (χ1v) is 9.60. The molecule has 144 valence electrons. The zero-order valence-corrected chi connectivity index (χ0v) is 16.4. The smallest absolute Gasteiger partial charge is 0.279 e. The van der Waals surface area contributed by atoms with Crippen molar-refractivity contribution < 1.29 is 18.7 Å². The second-order valence-electron chi connectivity index (χ2n) is 5.73. The number of aromatic nitrogens is 1. The molecule has 0 N–H and O–H groups in total. The molecule has 0 unspecified atom stereocenters. The van der Waals surface area contributed by atoms with Crippen molar-refractivity contribution in [3.63, 3.8) is 0 Å². The lowest BCUT2D eigenvalue weighted by Gasteiger charge is -2.11. The highest BCUT2D eigenvalue weighted by atomic mass is 32.1. The standard InChI is InChI=1S/C21H19FN2O3S/c1-4-11-24-16-9-8-15(22)13-19(16)28-21(24)23-20(25)14-7-10-17(26-5-2)18(12-14)27-6-3/h1,7-10,12-13H,5-6,11H2,2-3H3. The van der Waals surface area contributed by atoms with Crippen LogP contribution in [0.15, 0.2) is 41.4 Å². The number of carbonyl (C=O) groups excluding carboxylic acids is 1. The fourth-order valence-electron chi connectivity index (χ4n) is 2.71. The van der Waals surface area contributed by atoms with E-state index in [1.54, 1.807) is 28.8 Å². The van der Waals surface area contributed by atoms with E-state index in [1.807, 2.05) is 13.8 Å². The van der Waals surface area contributed by atoms with E-state index in [4.69, 9.17) is 15.9 Å². The molecule has 0 atom stereocenters. The average molecular weight is 398 g/mol. The summed E-state index contributed by atoms with van der Waals surface area (Å²) >= 11 is 1.21. The number of terminal acetylenes is 1. The molecule has 5 nitrogen and oxygen atoms in total. The van der Waals surface area contributed by atoms with E-state index in [-0.39, 0.29) is 12.4 Å². The second kappa shape index (κ2) is 8.72. The van der Waals surface area contributed by atoms with Crippen molar-refractivity contribution in [1.29, 1.82) is 0 Å². The topological polar surface area (TPSA) is 52.8 Å². The number of rotatable bonds is 6. The van der Waals surface area contributed by atoms with Gasteiger partial charge in [-0.2, -0.15) is 4.99 Å². The Morgan fingerprint density at radius 3 is 2.64 bits per heavy atom. The Bertz CT molecular complexity index is 1120. The van der Waals surface area contributed by atoms with Gasteiger partial charge >= 0.3 is 0 Å². The Labute approximate surface area is 166 Å². The molecule has 0 saturated heterocycles. The van der Waals surface area contributed by atoms with Crippen LogP contribution in [0.2, 0.25) is 0 Å². The summed E-state index contributed by atoms with van der Waals surface area (Å²) in [6, 6.07) is 9.32. The molecule has 0 aliphatic carbocycles. The number of nitrogens with zero attached hydrogens (tertiary/aromatic N) is 2. The van der Waals surface area contributed by atoms with Crippen molar-refractivity contribution >= 4 is 27.5 Å². The van der Waals surface area contributed by atoms with Gasteiger partial charge in [0.1, 0.15) is 5.82 Å². The molecule has 28 heavy (non-hydrogen) atoms. The van der Waals surface area contributed by atoms with Crippen LogP contribution in [-0.4, -0.2) is 23.7 Å². The largest absolute Gasteiger partial charge is 0.490 e. The second-order valence-corrected chi connectivity index (χ2v) is 6.74. The Morgan fingerprint density at radius 2 is 1.93 bits per heavy atom. The van der Waals surface area contributed by atoms with Crippen LogP contribution in [0.4, 0.5) is 4.39 Å². The number of amides is 1. The van der Waals surface area contributed by atoms with E-state index in [2.05, 4.69) is 10.9 Å². The highest BCUT2D eigenvalue weighted by Gasteiger charge is 2.13. The van der Waals surface area contributed by atoms with Crippen LogP contribution >= 0.6 is 11.3 Å². The normalized spacial score (nSPS) is 11.4. The summed E-state index contributed by atoms with van der Waals surface area (Å²) in [7, 11) is 0. The lowest BCUT2D eigenvalue weighted by Crippen LogP contribution is -2.16. The molecule has 1 heterocycles. The molecule has 1 amide bonds. The molecular formula is C21H19FN2O3S. The van der Waals surface area contributed by atoms with Crippen molar-refractivity contribution in [3.8, 4) is 23.8 Å². The van der Waals surface area contributed by atoms with Gasteiger partial charge in [0.2, 0.25) is 0 Å². The predicted molar refractivity (Wildman–Crippen MR) is 107 cm³/mol. The van der Waals surface area contributed by atoms with Crippen LogP contribution in [0, 0.1) is 18.2 Å². The van der Waals surface area contributed by atoms with Gasteiger partial charge in [0.25, 0.3) is 5.91 Å².